The Kier molecular flexibility index (Phi) is 5.04. The van der Waals surface area contributed by atoms with Gasteiger partial charge in [0.1, 0.15) is 5.41 Å². The molecule has 112 valence electrons. The first-order valence-corrected chi connectivity index (χ1v) is 7.93. The van der Waals surface area contributed by atoms with E-state index in [1.165, 1.54) is 6.42 Å². The minimum Gasteiger partial charge on any atom is -0.341 e. The average Bonchev–Trinajstić information content (AvgIpc) is 2.47. The normalized spacial score (nSPS) is 23.6. The van der Waals surface area contributed by atoms with Crippen molar-refractivity contribution in [1.82, 2.24) is 9.80 Å². The van der Waals surface area contributed by atoms with Crippen LogP contribution in [-0.4, -0.2) is 49.4 Å². The second kappa shape index (κ2) is 6.58. The smallest absolute Gasteiger partial charge is 0.243 e. The molecule has 0 N–H and O–H groups in total. The zero-order valence-corrected chi connectivity index (χ0v) is 12.9. The van der Waals surface area contributed by atoms with Crippen LogP contribution >= 0.6 is 0 Å². The number of nitrogens with zero attached hydrogens (tertiary/aromatic N) is 3. The molecule has 1 saturated carbocycles. The van der Waals surface area contributed by atoms with Crippen LogP contribution in [0.4, 0.5) is 0 Å². The van der Waals surface area contributed by atoms with Crippen LogP contribution in [0.3, 0.4) is 0 Å². The summed E-state index contributed by atoms with van der Waals surface area (Å²) in [6.45, 7) is 2.77. The third kappa shape index (κ3) is 3.32. The number of carbonyl (C=O) groups excluding carboxylic acids is 1. The quantitative estimate of drug-likeness (QED) is 0.795. The minimum atomic E-state index is -0.702. The Morgan fingerprint density at radius 3 is 2.35 bits per heavy atom. The monoisotopic (exact) mass is 277 g/mol. The highest BCUT2D eigenvalue weighted by Crippen LogP contribution is 2.38. The van der Waals surface area contributed by atoms with E-state index in [0.717, 1.165) is 58.2 Å². The van der Waals surface area contributed by atoms with E-state index in [4.69, 9.17) is 0 Å². The maximum absolute atomic E-state index is 12.7. The van der Waals surface area contributed by atoms with Gasteiger partial charge in [0.2, 0.25) is 5.91 Å². The van der Waals surface area contributed by atoms with Gasteiger partial charge in [-0.3, -0.25) is 4.79 Å². The van der Waals surface area contributed by atoms with Crippen LogP contribution in [0.25, 0.3) is 0 Å². The Hall–Kier alpha value is -1.08. The third-order valence-electron chi connectivity index (χ3n) is 4.86. The van der Waals surface area contributed by atoms with Crippen molar-refractivity contribution in [2.75, 3.05) is 33.7 Å². The zero-order valence-electron chi connectivity index (χ0n) is 12.9. The molecule has 2 aliphatic rings. The fourth-order valence-corrected chi connectivity index (χ4v) is 3.67. The summed E-state index contributed by atoms with van der Waals surface area (Å²) in [5.41, 5.74) is -0.702. The first-order chi connectivity index (χ1) is 9.57. The summed E-state index contributed by atoms with van der Waals surface area (Å²) in [5.74, 6) is 0.807. The summed E-state index contributed by atoms with van der Waals surface area (Å²) in [7, 11) is 4.20. The predicted molar refractivity (Wildman–Crippen MR) is 79.0 cm³/mol. The van der Waals surface area contributed by atoms with Crippen molar-refractivity contribution in [3.63, 3.8) is 0 Å². The molecule has 4 nitrogen and oxygen atoms in total. The van der Waals surface area contributed by atoms with Crippen molar-refractivity contribution in [3.8, 4) is 6.07 Å². The van der Waals surface area contributed by atoms with Gasteiger partial charge < -0.3 is 9.80 Å². The van der Waals surface area contributed by atoms with Gasteiger partial charge in [0.05, 0.1) is 6.07 Å². The zero-order chi connectivity index (χ0) is 14.6. The summed E-state index contributed by atoms with van der Waals surface area (Å²) in [6.07, 6.45) is 6.89. The number of nitriles is 1. The molecule has 1 saturated heterocycles. The van der Waals surface area contributed by atoms with Crippen LogP contribution in [0.1, 0.15) is 44.9 Å². The number of amides is 1. The Balaban J connectivity index is 1.92. The third-order valence-corrected chi connectivity index (χ3v) is 4.86. The Bertz CT molecular complexity index is 372. The van der Waals surface area contributed by atoms with Crippen LogP contribution < -0.4 is 0 Å². The van der Waals surface area contributed by atoms with E-state index >= 15 is 0 Å². The van der Waals surface area contributed by atoms with E-state index in [2.05, 4.69) is 25.1 Å². The predicted octanol–water partition coefficient (Wildman–Crippen LogP) is 2.26. The molecule has 0 bridgehead atoms. The van der Waals surface area contributed by atoms with Crippen molar-refractivity contribution in [2.24, 2.45) is 11.3 Å². The summed E-state index contributed by atoms with van der Waals surface area (Å²) >= 11 is 0. The van der Waals surface area contributed by atoms with Crippen LogP contribution in [0.2, 0.25) is 0 Å². The molecule has 0 aromatic carbocycles. The lowest BCUT2D eigenvalue weighted by atomic mass is 9.74. The Morgan fingerprint density at radius 2 is 1.85 bits per heavy atom. The van der Waals surface area contributed by atoms with Crippen LogP contribution in [0, 0.1) is 22.7 Å². The van der Waals surface area contributed by atoms with Gasteiger partial charge in [-0.25, -0.2) is 0 Å². The van der Waals surface area contributed by atoms with E-state index in [9.17, 15) is 10.1 Å². The van der Waals surface area contributed by atoms with Crippen molar-refractivity contribution in [1.29, 1.82) is 5.26 Å². The molecular formula is C16H27N3O. The van der Waals surface area contributed by atoms with Gasteiger partial charge in [0.25, 0.3) is 0 Å². The fraction of sp³-hybridized carbons (Fsp3) is 0.875. The van der Waals surface area contributed by atoms with E-state index in [0.29, 0.717) is 5.92 Å². The number of carbonyl (C=O) groups is 1. The first kappa shape index (κ1) is 15.3. The van der Waals surface area contributed by atoms with Gasteiger partial charge in [0.15, 0.2) is 0 Å². The highest BCUT2D eigenvalue weighted by Gasteiger charge is 2.43. The lowest BCUT2D eigenvalue weighted by Gasteiger charge is -2.39. The first-order valence-electron chi connectivity index (χ1n) is 7.93. The van der Waals surface area contributed by atoms with Gasteiger partial charge in [0, 0.05) is 19.6 Å². The van der Waals surface area contributed by atoms with E-state index in [1.54, 1.807) is 0 Å². The number of rotatable bonds is 3. The summed E-state index contributed by atoms with van der Waals surface area (Å²) in [5, 5.41) is 9.51. The van der Waals surface area contributed by atoms with Crippen LogP contribution in [0.15, 0.2) is 0 Å². The molecule has 1 aliphatic heterocycles. The standard InChI is InChI=1S/C16H27N3O/c1-18(2)12-14-6-10-19(11-7-14)15(20)16(13-17)8-4-3-5-9-16/h14H,3-12H2,1-2H3. The molecule has 4 heteroatoms. The average molecular weight is 277 g/mol. The highest BCUT2D eigenvalue weighted by atomic mass is 16.2. The van der Waals surface area contributed by atoms with E-state index in [1.807, 2.05) is 4.90 Å². The van der Waals surface area contributed by atoms with Gasteiger partial charge in [-0.2, -0.15) is 5.26 Å². The van der Waals surface area contributed by atoms with Crippen molar-refractivity contribution in [3.05, 3.63) is 0 Å². The van der Waals surface area contributed by atoms with E-state index in [-0.39, 0.29) is 5.91 Å². The maximum Gasteiger partial charge on any atom is 0.243 e. The highest BCUT2D eigenvalue weighted by molar-refractivity contribution is 5.85. The van der Waals surface area contributed by atoms with Crippen LogP contribution in [0.5, 0.6) is 0 Å². The molecule has 0 aromatic rings. The summed E-state index contributed by atoms with van der Waals surface area (Å²) in [6, 6.07) is 2.36. The summed E-state index contributed by atoms with van der Waals surface area (Å²) in [4.78, 5) is 16.9. The molecule has 1 amide bonds. The van der Waals surface area contributed by atoms with Gasteiger partial charge in [-0.05, 0) is 45.7 Å². The molecule has 2 fully saturated rings. The lowest BCUT2D eigenvalue weighted by molar-refractivity contribution is -0.142. The topological polar surface area (TPSA) is 47.3 Å². The summed E-state index contributed by atoms with van der Waals surface area (Å²) < 4.78 is 0. The van der Waals surface area contributed by atoms with Gasteiger partial charge >= 0.3 is 0 Å². The molecule has 1 heterocycles. The van der Waals surface area contributed by atoms with E-state index < -0.39 is 5.41 Å². The molecule has 20 heavy (non-hydrogen) atoms. The lowest BCUT2D eigenvalue weighted by Crippen LogP contribution is -2.48. The Labute approximate surface area is 122 Å². The molecule has 0 atom stereocenters. The number of likely N-dealkylation sites (tertiary alicyclic amines) is 1. The molecule has 0 radical (unpaired) electrons. The van der Waals surface area contributed by atoms with Crippen molar-refractivity contribution >= 4 is 5.91 Å². The molecule has 1 aliphatic carbocycles. The second-order valence-corrected chi connectivity index (χ2v) is 6.75. The molecule has 0 unspecified atom stereocenters. The minimum absolute atomic E-state index is 0.114. The van der Waals surface area contributed by atoms with Crippen LogP contribution in [-0.2, 0) is 4.79 Å². The molecule has 0 aromatic heterocycles. The van der Waals surface area contributed by atoms with Crippen molar-refractivity contribution < 1.29 is 4.79 Å². The van der Waals surface area contributed by atoms with Gasteiger partial charge in [-0.15, -0.1) is 0 Å². The second-order valence-electron chi connectivity index (χ2n) is 6.75. The SMILES string of the molecule is CN(C)CC1CCN(C(=O)C2(C#N)CCCCC2)CC1. The maximum atomic E-state index is 12.7. The largest absolute Gasteiger partial charge is 0.341 e. The Morgan fingerprint density at radius 1 is 1.25 bits per heavy atom. The molecule has 2 rings (SSSR count). The number of hydrogen-bond acceptors (Lipinski definition) is 3. The van der Waals surface area contributed by atoms with Crippen molar-refractivity contribution in [2.45, 2.75) is 44.9 Å². The van der Waals surface area contributed by atoms with Gasteiger partial charge in [-0.1, -0.05) is 19.3 Å². The number of piperidine rings is 1. The molecule has 0 spiro atoms. The molecular weight excluding hydrogens is 250 g/mol. The fourth-order valence-electron chi connectivity index (χ4n) is 3.67. The number of hydrogen-bond donors (Lipinski definition) is 0.